The quantitative estimate of drug-likeness (QED) is 0.856. The van der Waals surface area contributed by atoms with E-state index in [1.165, 1.54) is 5.56 Å². The number of hydrogen-bond donors (Lipinski definition) is 1. The number of rotatable bonds is 6. The normalized spacial score (nSPS) is 15.0. The van der Waals surface area contributed by atoms with E-state index in [0.29, 0.717) is 17.2 Å². The summed E-state index contributed by atoms with van der Waals surface area (Å²) in [5.74, 6) is 1.33. The van der Waals surface area contributed by atoms with Crippen molar-refractivity contribution < 1.29 is 13.2 Å². The average molecular weight is 359 g/mol. The molecule has 2 aromatic rings. The van der Waals surface area contributed by atoms with E-state index < -0.39 is 10.0 Å². The standard InChI is InChI=1S/C20H25NO3S/c1-14(2)17-5-7-19(8-6-17)25(22,23)21-15(3)12-16-4-9-20-18(13-16)10-11-24-20/h4-9,13-15,21H,10-12H2,1-3H3. The van der Waals surface area contributed by atoms with Gasteiger partial charge in [-0.1, -0.05) is 38.1 Å². The van der Waals surface area contributed by atoms with Crippen molar-refractivity contribution in [3.63, 3.8) is 0 Å². The summed E-state index contributed by atoms with van der Waals surface area (Å²) in [5.41, 5.74) is 3.46. The van der Waals surface area contributed by atoms with Gasteiger partial charge in [-0.05, 0) is 54.2 Å². The van der Waals surface area contributed by atoms with Crippen LogP contribution in [0.4, 0.5) is 0 Å². The van der Waals surface area contributed by atoms with Crippen molar-refractivity contribution >= 4 is 10.0 Å². The number of hydrogen-bond acceptors (Lipinski definition) is 3. The minimum absolute atomic E-state index is 0.185. The van der Waals surface area contributed by atoms with Crippen LogP contribution < -0.4 is 9.46 Å². The zero-order valence-corrected chi connectivity index (χ0v) is 15.8. The van der Waals surface area contributed by atoms with Crippen molar-refractivity contribution in [1.29, 1.82) is 0 Å². The van der Waals surface area contributed by atoms with Crippen LogP contribution in [0.25, 0.3) is 0 Å². The van der Waals surface area contributed by atoms with Gasteiger partial charge in [-0.15, -0.1) is 0 Å². The van der Waals surface area contributed by atoms with Crippen molar-refractivity contribution in [2.24, 2.45) is 0 Å². The average Bonchev–Trinajstić information content (AvgIpc) is 3.02. The molecule has 0 fully saturated rings. The summed E-state index contributed by atoms with van der Waals surface area (Å²) in [6.07, 6.45) is 1.57. The van der Waals surface area contributed by atoms with Gasteiger partial charge in [0.2, 0.25) is 10.0 Å². The molecule has 25 heavy (non-hydrogen) atoms. The zero-order chi connectivity index (χ0) is 18.0. The Hall–Kier alpha value is -1.85. The van der Waals surface area contributed by atoms with Gasteiger partial charge in [0.15, 0.2) is 0 Å². The molecular formula is C20H25NO3S. The third kappa shape index (κ3) is 4.22. The van der Waals surface area contributed by atoms with Gasteiger partial charge in [-0.25, -0.2) is 13.1 Å². The third-order valence-corrected chi connectivity index (χ3v) is 6.11. The smallest absolute Gasteiger partial charge is 0.240 e. The van der Waals surface area contributed by atoms with Gasteiger partial charge < -0.3 is 4.74 Å². The highest BCUT2D eigenvalue weighted by Crippen LogP contribution is 2.26. The Morgan fingerprint density at radius 2 is 1.80 bits per heavy atom. The van der Waals surface area contributed by atoms with Crippen LogP contribution in [0, 0.1) is 0 Å². The Morgan fingerprint density at radius 3 is 2.48 bits per heavy atom. The van der Waals surface area contributed by atoms with Crippen LogP contribution in [0.3, 0.4) is 0 Å². The maximum absolute atomic E-state index is 12.6. The number of sulfonamides is 1. The summed E-state index contributed by atoms with van der Waals surface area (Å²) in [6.45, 7) is 6.80. The molecule has 3 rings (SSSR count). The van der Waals surface area contributed by atoms with Gasteiger partial charge in [0.05, 0.1) is 11.5 Å². The molecule has 5 heteroatoms. The summed E-state index contributed by atoms with van der Waals surface area (Å²) in [7, 11) is -3.51. The molecule has 1 atom stereocenters. The molecule has 0 saturated heterocycles. The highest BCUT2D eigenvalue weighted by Gasteiger charge is 2.19. The van der Waals surface area contributed by atoms with Gasteiger partial charge in [0.1, 0.15) is 5.75 Å². The maximum Gasteiger partial charge on any atom is 0.240 e. The Morgan fingerprint density at radius 1 is 1.08 bits per heavy atom. The summed E-state index contributed by atoms with van der Waals surface area (Å²) in [5, 5.41) is 0. The van der Waals surface area contributed by atoms with Crippen LogP contribution in [0.2, 0.25) is 0 Å². The Bertz CT molecular complexity index is 842. The maximum atomic E-state index is 12.6. The molecule has 4 nitrogen and oxygen atoms in total. The lowest BCUT2D eigenvalue weighted by molar-refractivity contribution is 0.357. The molecule has 0 amide bonds. The number of benzene rings is 2. The summed E-state index contributed by atoms with van der Waals surface area (Å²) < 4.78 is 33.4. The molecule has 1 N–H and O–H groups in total. The topological polar surface area (TPSA) is 55.4 Å². The van der Waals surface area contributed by atoms with E-state index in [9.17, 15) is 8.42 Å². The lowest BCUT2D eigenvalue weighted by Gasteiger charge is -2.15. The van der Waals surface area contributed by atoms with Gasteiger partial charge in [0, 0.05) is 12.5 Å². The van der Waals surface area contributed by atoms with E-state index in [1.807, 2.05) is 31.2 Å². The molecule has 1 aliphatic heterocycles. The molecule has 1 aliphatic rings. The van der Waals surface area contributed by atoms with Crippen LogP contribution in [-0.4, -0.2) is 21.1 Å². The van der Waals surface area contributed by atoms with Gasteiger partial charge in [0.25, 0.3) is 0 Å². The SMILES string of the molecule is CC(Cc1ccc2c(c1)CCO2)NS(=O)(=O)c1ccc(C(C)C)cc1. The van der Waals surface area contributed by atoms with Crippen LogP contribution in [-0.2, 0) is 22.9 Å². The van der Waals surface area contributed by atoms with Crippen LogP contribution in [0.1, 0.15) is 43.4 Å². The van der Waals surface area contributed by atoms with Crippen LogP contribution in [0.15, 0.2) is 47.4 Å². The number of nitrogens with one attached hydrogen (secondary N) is 1. The second-order valence-electron chi connectivity index (χ2n) is 6.99. The van der Waals surface area contributed by atoms with Crippen molar-refractivity contribution in [3.05, 3.63) is 59.2 Å². The summed E-state index contributed by atoms with van der Waals surface area (Å²) in [6, 6.07) is 13.0. The molecule has 1 heterocycles. The molecule has 0 aliphatic carbocycles. The molecule has 0 aromatic heterocycles. The molecule has 134 valence electrons. The first-order valence-electron chi connectivity index (χ1n) is 8.72. The van der Waals surface area contributed by atoms with E-state index in [1.54, 1.807) is 12.1 Å². The largest absolute Gasteiger partial charge is 0.493 e. The molecule has 2 aromatic carbocycles. The fourth-order valence-electron chi connectivity index (χ4n) is 3.13. The second kappa shape index (κ2) is 7.18. The monoisotopic (exact) mass is 359 g/mol. The van der Waals surface area contributed by atoms with E-state index in [-0.39, 0.29) is 6.04 Å². The van der Waals surface area contributed by atoms with E-state index in [4.69, 9.17) is 4.74 Å². The highest BCUT2D eigenvalue weighted by atomic mass is 32.2. The molecule has 0 bridgehead atoms. The lowest BCUT2D eigenvalue weighted by atomic mass is 10.0. The second-order valence-corrected chi connectivity index (χ2v) is 8.70. The molecule has 0 spiro atoms. The van der Waals surface area contributed by atoms with Gasteiger partial charge >= 0.3 is 0 Å². The molecule has 0 saturated carbocycles. The Kier molecular flexibility index (Phi) is 5.16. The zero-order valence-electron chi connectivity index (χ0n) is 15.0. The molecular weight excluding hydrogens is 334 g/mol. The first-order chi connectivity index (χ1) is 11.8. The lowest BCUT2D eigenvalue weighted by Crippen LogP contribution is -2.34. The molecule has 0 radical (unpaired) electrons. The fourth-order valence-corrected chi connectivity index (χ4v) is 4.37. The van der Waals surface area contributed by atoms with Crippen LogP contribution in [0.5, 0.6) is 5.75 Å². The van der Waals surface area contributed by atoms with Crippen LogP contribution >= 0.6 is 0 Å². The molecule has 1 unspecified atom stereocenters. The van der Waals surface area contributed by atoms with Crippen molar-refractivity contribution in [1.82, 2.24) is 4.72 Å². The van der Waals surface area contributed by atoms with Gasteiger partial charge in [-0.2, -0.15) is 0 Å². The third-order valence-electron chi connectivity index (χ3n) is 4.51. The number of fused-ring (bicyclic) bond motifs is 1. The number of ether oxygens (including phenoxy) is 1. The van der Waals surface area contributed by atoms with E-state index in [0.717, 1.165) is 29.9 Å². The summed E-state index contributed by atoms with van der Waals surface area (Å²) in [4.78, 5) is 0.311. The minimum Gasteiger partial charge on any atom is -0.493 e. The summed E-state index contributed by atoms with van der Waals surface area (Å²) >= 11 is 0. The van der Waals surface area contributed by atoms with Gasteiger partial charge in [-0.3, -0.25) is 0 Å². The van der Waals surface area contributed by atoms with Crippen molar-refractivity contribution in [2.75, 3.05) is 6.61 Å². The Balaban J connectivity index is 1.67. The highest BCUT2D eigenvalue weighted by molar-refractivity contribution is 7.89. The first kappa shape index (κ1) is 18.0. The predicted molar refractivity (Wildman–Crippen MR) is 99.7 cm³/mol. The predicted octanol–water partition coefficient (Wildman–Crippen LogP) is 3.65. The fraction of sp³-hybridized carbons (Fsp3) is 0.400. The van der Waals surface area contributed by atoms with E-state index in [2.05, 4.69) is 24.6 Å². The Labute approximate surface area is 150 Å². The van der Waals surface area contributed by atoms with Crippen molar-refractivity contribution in [3.8, 4) is 5.75 Å². The minimum atomic E-state index is -3.51. The van der Waals surface area contributed by atoms with Crippen molar-refractivity contribution in [2.45, 2.75) is 50.5 Å². The first-order valence-corrected chi connectivity index (χ1v) is 10.2. The van der Waals surface area contributed by atoms with E-state index >= 15 is 0 Å².